The molecular weight excluding hydrogens is 220 g/mol. The van der Waals surface area contributed by atoms with E-state index in [1.165, 1.54) is 31.2 Å². The molecule has 0 heterocycles. The third kappa shape index (κ3) is 3.22. The van der Waals surface area contributed by atoms with E-state index in [-0.39, 0.29) is 5.92 Å². The zero-order valence-electron chi connectivity index (χ0n) is 11.6. The first-order valence-corrected chi connectivity index (χ1v) is 7.31. The third-order valence-corrected chi connectivity index (χ3v) is 4.22. The summed E-state index contributed by atoms with van der Waals surface area (Å²) in [6, 6.07) is 8.04. The van der Waals surface area contributed by atoms with Gasteiger partial charge in [-0.2, -0.15) is 0 Å². The van der Waals surface area contributed by atoms with E-state index < -0.39 is 0 Å². The molecule has 0 unspecified atom stereocenters. The highest BCUT2D eigenvalue weighted by molar-refractivity contribution is 5.98. The van der Waals surface area contributed by atoms with E-state index in [2.05, 4.69) is 19.9 Å². The summed E-state index contributed by atoms with van der Waals surface area (Å²) in [4.78, 5) is 12.4. The molecule has 1 saturated carbocycles. The van der Waals surface area contributed by atoms with Gasteiger partial charge in [-0.05, 0) is 44.6 Å². The number of ketones is 1. The molecule has 1 aromatic rings. The molecule has 0 atom stereocenters. The van der Waals surface area contributed by atoms with Gasteiger partial charge in [0, 0.05) is 11.5 Å². The van der Waals surface area contributed by atoms with E-state index in [1.54, 1.807) is 0 Å². The first-order valence-electron chi connectivity index (χ1n) is 7.31. The number of aryl methyl sites for hydroxylation is 1. The molecule has 1 aliphatic carbocycles. The van der Waals surface area contributed by atoms with Crippen LogP contribution in [-0.2, 0) is 0 Å². The van der Waals surface area contributed by atoms with Gasteiger partial charge in [0.1, 0.15) is 0 Å². The fourth-order valence-corrected chi connectivity index (χ4v) is 3.16. The van der Waals surface area contributed by atoms with Crippen molar-refractivity contribution in [1.82, 2.24) is 0 Å². The molecule has 1 fully saturated rings. The Hall–Kier alpha value is -1.11. The van der Waals surface area contributed by atoms with Crippen LogP contribution in [0.1, 0.15) is 61.4 Å². The van der Waals surface area contributed by atoms with Crippen molar-refractivity contribution < 1.29 is 4.79 Å². The first kappa shape index (κ1) is 13.3. The van der Waals surface area contributed by atoms with Crippen molar-refractivity contribution in [3.8, 4) is 0 Å². The maximum Gasteiger partial charge on any atom is 0.165 e. The molecule has 0 spiro atoms. The van der Waals surface area contributed by atoms with Crippen molar-refractivity contribution in [1.29, 1.82) is 0 Å². The van der Waals surface area contributed by atoms with Crippen LogP contribution in [0.4, 0.5) is 0 Å². The van der Waals surface area contributed by atoms with Crippen LogP contribution < -0.4 is 0 Å². The van der Waals surface area contributed by atoms with Gasteiger partial charge in [0.05, 0.1) is 0 Å². The van der Waals surface area contributed by atoms with E-state index in [1.807, 2.05) is 18.2 Å². The standard InChI is InChI=1S/C17H24O/c1-3-5-14-8-10-15(11-9-14)17(18)16-7-4-6-13(2)12-16/h4,6-7,12,14-15H,3,5,8-11H2,1-2H3. The number of rotatable bonds is 4. The lowest BCUT2D eigenvalue weighted by Gasteiger charge is -2.27. The van der Waals surface area contributed by atoms with Gasteiger partial charge in [-0.3, -0.25) is 4.79 Å². The molecule has 1 nitrogen and oxygen atoms in total. The Morgan fingerprint density at radius 1 is 1.22 bits per heavy atom. The molecule has 0 saturated heterocycles. The maximum absolute atomic E-state index is 12.4. The number of hydrogen-bond donors (Lipinski definition) is 0. The summed E-state index contributed by atoms with van der Waals surface area (Å²) in [5.74, 6) is 1.52. The molecule has 0 aliphatic heterocycles. The highest BCUT2D eigenvalue weighted by atomic mass is 16.1. The first-order chi connectivity index (χ1) is 8.70. The van der Waals surface area contributed by atoms with Crippen LogP contribution in [0.15, 0.2) is 24.3 Å². The Bertz CT molecular complexity index is 400. The molecular formula is C17H24O. The van der Waals surface area contributed by atoms with Crippen LogP contribution in [0.3, 0.4) is 0 Å². The molecule has 2 rings (SSSR count). The van der Waals surface area contributed by atoms with E-state index in [0.717, 1.165) is 24.3 Å². The van der Waals surface area contributed by atoms with Crippen LogP contribution in [0.25, 0.3) is 0 Å². The quantitative estimate of drug-likeness (QED) is 0.696. The topological polar surface area (TPSA) is 17.1 Å². The zero-order valence-corrected chi connectivity index (χ0v) is 11.6. The molecule has 0 aromatic heterocycles. The largest absolute Gasteiger partial charge is 0.294 e. The lowest BCUT2D eigenvalue weighted by atomic mass is 9.77. The number of carbonyl (C=O) groups excluding carboxylic acids is 1. The fourth-order valence-electron chi connectivity index (χ4n) is 3.16. The van der Waals surface area contributed by atoms with Crippen LogP contribution in [0.5, 0.6) is 0 Å². The van der Waals surface area contributed by atoms with Crippen molar-refractivity contribution in [3.63, 3.8) is 0 Å². The van der Waals surface area contributed by atoms with Crippen LogP contribution in [0, 0.1) is 18.8 Å². The Labute approximate surface area is 111 Å². The molecule has 0 bridgehead atoms. The molecule has 18 heavy (non-hydrogen) atoms. The van der Waals surface area contributed by atoms with Crippen LogP contribution in [-0.4, -0.2) is 5.78 Å². The average molecular weight is 244 g/mol. The minimum Gasteiger partial charge on any atom is -0.294 e. The van der Waals surface area contributed by atoms with E-state index in [9.17, 15) is 4.79 Å². The summed E-state index contributed by atoms with van der Waals surface area (Å²) in [5, 5.41) is 0. The van der Waals surface area contributed by atoms with Gasteiger partial charge >= 0.3 is 0 Å². The summed E-state index contributed by atoms with van der Waals surface area (Å²) < 4.78 is 0. The summed E-state index contributed by atoms with van der Waals surface area (Å²) in [6.45, 7) is 4.30. The highest BCUT2D eigenvalue weighted by Gasteiger charge is 2.26. The van der Waals surface area contributed by atoms with Gasteiger partial charge in [0.15, 0.2) is 5.78 Å². The van der Waals surface area contributed by atoms with Gasteiger partial charge in [-0.1, -0.05) is 43.5 Å². The zero-order chi connectivity index (χ0) is 13.0. The Morgan fingerprint density at radius 3 is 2.56 bits per heavy atom. The second-order valence-corrected chi connectivity index (χ2v) is 5.74. The normalized spacial score (nSPS) is 23.9. The smallest absolute Gasteiger partial charge is 0.165 e. The molecule has 1 heteroatoms. The second kappa shape index (κ2) is 6.17. The molecule has 1 aromatic carbocycles. The summed E-state index contributed by atoms with van der Waals surface area (Å²) in [5.41, 5.74) is 2.09. The number of Topliss-reactive ketones (excluding diaryl/α,β-unsaturated/α-hetero) is 1. The van der Waals surface area contributed by atoms with Gasteiger partial charge in [-0.25, -0.2) is 0 Å². The van der Waals surface area contributed by atoms with E-state index >= 15 is 0 Å². The molecule has 0 radical (unpaired) electrons. The predicted octanol–water partition coefficient (Wildman–Crippen LogP) is 4.78. The Kier molecular flexibility index (Phi) is 4.57. The fraction of sp³-hybridized carbons (Fsp3) is 0.588. The van der Waals surface area contributed by atoms with E-state index in [0.29, 0.717) is 5.78 Å². The van der Waals surface area contributed by atoms with Crippen molar-refractivity contribution in [2.75, 3.05) is 0 Å². The SMILES string of the molecule is CCCC1CCC(C(=O)c2cccc(C)c2)CC1. The molecule has 0 amide bonds. The summed E-state index contributed by atoms with van der Waals surface area (Å²) >= 11 is 0. The lowest BCUT2D eigenvalue weighted by Crippen LogP contribution is -2.22. The molecule has 1 aliphatic rings. The number of carbonyl (C=O) groups is 1. The molecule has 98 valence electrons. The van der Waals surface area contributed by atoms with Gasteiger partial charge < -0.3 is 0 Å². The van der Waals surface area contributed by atoms with Crippen LogP contribution in [0.2, 0.25) is 0 Å². The summed E-state index contributed by atoms with van der Waals surface area (Å²) in [7, 11) is 0. The van der Waals surface area contributed by atoms with Gasteiger partial charge in [-0.15, -0.1) is 0 Å². The predicted molar refractivity (Wildman–Crippen MR) is 75.9 cm³/mol. The Morgan fingerprint density at radius 2 is 1.94 bits per heavy atom. The van der Waals surface area contributed by atoms with Crippen molar-refractivity contribution in [2.24, 2.45) is 11.8 Å². The average Bonchev–Trinajstić information content (AvgIpc) is 2.39. The minimum absolute atomic E-state index is 0.278. The second-order valence-electron chi connectivity index (χ2n) is 5.74. The number of benzene rings is 1. The minimum atomic E-state index is 0.278. The van der Waals surface area contributed by atoms with Crippen molar-refractivity contribution in [2.45, 2.75) is 52.4 Å². The van der Waals surface area contributed by atoms with Gasteiger partial charge in [0.25, 0.3) is 0 Å². The van der Waals surface area contributed by atoms with E-state index in [4.69, 9.17) is 0 Å². The maximum atomic E-state index is 12.4. The summed E-state index contributed by atoms with van der Waals surface area (Å²) in [6.07, 6.45) is 7.30. The number of hydrogen-bond acceptors (Lipinski definition) is 1. The molecule has 0 N–H and O–H groups in total. The van der Waals surface area contributed by atoms with Crippen LogP contribution >= 0.6 is 0 Å². The monoisotopic (exact) mass is 244 g/mol. The Balaban J connectivity index is 1.95. The third-order valence-electron chi connectivity index (χ3n) is 4.22. The van der Waals surface area contributed by atoms with Gasteiger partial charge in [0.2, 0.25) is 0 Å². The van der Waals surface area contributed by atoms with Crippen molar-refractivity contribution in [3.05, 3.63) is 35.4 Å². The lowest BCUT2D eigenvalue weighted by molar-refractivity contribution is 0.0870. The highest BCUT2D eigenvalue weighted by Crippen LogP contribution is 2.33. The van der Waals surface area contributed by atoms with Crippen molar-refractivity contribution >= 4 is 5.78 Å².